The summed E-state index contributed by atoms with van der Waals surface area (Å²) in [4.78, 5) is 6.89. The van der Waals surface area contributed by atoms with Crippen LogP contribution < -0.4 is 0 Å². The van der Waals surface area contributed by atoms with Gasteiger partial charge in [-0.3, -0.25) is 0 Å². The number of rotatable bonds is 7. The topological polar surface area (TPSA) is 48.1 Å². The fraction of sp³-hybridized carbons (Fsp3) is 0.545. The minimum absolute atomic E-state index is 0.420. The number of aromatic nitrogens is 4. The Morgan fingerprint density at radius 1 is 1.19 bits per heavy atom. The van der Waals surface area contributed by atoms with E-state index in [0.29, 0.717) is 17.9 Å². The maximum Gasteiger partial charge on any atom is 0.159 e. The summed E-state index contributed by atoms with van der Waals surface area (Å²) < 4.78 is 10.9. The summed E-state index contributed by atoms with van der Waals surface area (Å²) in [5.41, 5.74) is 3.17. The van der Waals surface area contributed by atoms with Crippen molar-refractivity contribution >= 4 is 46.5 Å². The molecule has 3 aromatic rings. The van der Waals surface area contributed by atoms with Crippen LogP contribution in [0.4, 0.5) is 0 Å². The molecule has 0 N–H and O–H groups in total. The zero-order valence-electron chi connectivity index (χ0n) is 18.7. The van der Waals surface area contributed by atoms with E-state index >= 15 is 0 Å². The van der Waals surface area contributed by atoms with Crippen molar-refractivity contribution in [2.24, 2.45) is 0 Å². The van der Waals surface area contributed by atoms with E-state index in [0.717, 1.165) is 65.2 Å². The molecule has 1 aliphatic rings. The van der Waals surface area contributed by atoms with Gasteiger partial charge in [0.2, 0.25) is 0 Å². The largest absolute Gasteiger partial charge is 0.360 e. The monoisotopic (exact) mass is 523 g/mol. The molecule has 0 atom stereocenters. The second kappa shape index (κ2) is 9.35. The summed E-state index contributed by atoms with van der Waals surface area (Å²) in [6, 6.07) is 3.68. The Labute approximate surface area is 198 Å². The van der Waals surface area contributed by atoms with Crippen molar-refractivity contribution < 1.29 is 4.74 Å². The van der Waals surface area contributed by atoms with Gasteiger partial charge in [-0.1, -0.05) is 31.2 Å². The Balaban J connectivity index is 1.62. The molecule has 1 aliphatic heterocycles. The first kappa shape index (κ1) is 23.0. The van der Waals surface area contributed by atoms with E-state index in [-0.39, 0.29) is 0 Å². The normalized spacial score (nSPS) is 16.5. The molecule has 0 radical (unpaired) electrons. The van der Waals surface area contributed by atoms with E-state index in [1.807, 2.05) is 12.4 Å². The van der Waals surface area contributed by atoms with E-state index < -0.39 is 8.07 Å². The summed E-state index contributed by atoms with van der Waals surface area (Å²) in [6.07, 6.45) is 8.45. The molecule has 31 heavy (non-hydrogen) atoms. The lowest BCUT2D eigenvalue weighted by Gasteiger charge is -2.30. The Hall–Kier alpha value is -1.19. The van der Waals surface area contributed by atoms with Crippen LogP contribution >= 0.6 is 27.5 Å². The first-order valence-corrected chi connectivity index (χ1v) is 15.7. The molecule has 4 heterocycles. The summed E-state index contributed by atoms with van der Waals surface area (Å²) in [5.74, 6) is 0. The number of hydrogen-bond donors (Lipinski definition) is 0. The van der Waals surface area contributed by atoms with Crippen LogP contribution in [0, 0.1) is 0 Å². The Kier molecular flexibility index (Phi) is 6.93. The highest BCUT2D eigenvalue weighted by Crippen LogP contribution is 2.38. The molecular weight excluding hydrogens is 494 g/mol. The Morgan fingerprint density at radius 2 is 1.94 bits per heavy atom. The molecule has 9 heteroatoms. The van der Waals surface area contributed by atoms with Crippen molar-refractivity contribution in [3.05, 3.63) is 34.4 Å². The second-order valence-electron chi connectivity index (χ2n) is 9.73. The summed E-state index contributed by atoms with van der Waals surface area (Å²) in [6.45, 7) is 10.5. The lowest BCUT2D eigenvalue weighted by atomic mass is 10.1. The molecule has 1 fully saturated rings. The van der Waals surface area contributed by atoms with Gasteiger partial charge in [-0.05, 0) is 61.0 Å². The minimum atomic E-state index is -1.10. The second-order valence-corrected chi connectivity index (χ2v) is 16.5. The smallest absolute Gasteiger partial charge is 0.159 e. The Bertz CT molecular complexity index is 1050. The van der Waals surface area contributed by atoms with Crippen LogP contribution in [-0.4, -0.2) is 59.0 Å². The molecule has 3 aromatic heterocycles. The van der Waals surface area contributed by atoms with E-state index in [9.17, 15) is 0 Å². The first-order chi connectivity index (χ1) is 14.7. The molecule has 4 rings (SSSR count). The average Bonchev–Trinajstić information content (AvgIpc) is 3.25. The van der Waals surface area contributed by atoms with Crippen LogP contribution in [0.5, 0.6) is 0 Å². The average molecular weight is 525 g/mol. The quantitative estimate of drug-likeness (QED) is 0.219. The number of likely N-dealkylation sites (tertiary alicyclic amines) is 1. The molecule has 0 amide bonds. The summed E-state index contributed by atoms with van der Waals surface area (Å²) in [5, 5.41) is 6.15. The van der Waals surface area contributed by atoms with Crippen molar-refractivity contribution in [2.75, 3.05) is 26.7 Å². The van der Waals surface area contributed by atoms with Crippen LogP contribution in [0.1, 0.15) is 18.9 Å². The molecule has 0 aliphatic carbocycles. The predicted molar refractivity (Wildman–Crippen MR) is 134 cm³/mol. The van der Waals surface area contributed by atoms with Crippen LogP contribution in [0.2, 0.25) is 30.8 Å². The van der Waals surface area contributed by atoms with E-state index in [4.69, 9.17) is 16.3 Å². The molecule has 1 saturated heterocycles. The van der Waals surface area contributed by atoms with Gasteiger partial charge in [0.15, 0.2) is 5.15 Å². The maximum atomic E-state index is 6.60. The van der Waals surface area contributed by atoms with Gasteiger partial charge in [0.05, 0.1) is 11.7 Å². The van der Waals surface area contributed by atoms with E-state index in [1.54, 1.807) is 4.68 Å². The predicted octanol–water partition coefficient (Wildman–Crippen LogP) is 5.89. The lowest BCUT2D eigenvalue weighted by molar-refractivity contribution is 0.0786. The number of ether oxygens (including phenoxy) is 1. The van der Waals surface area contributed by atoms with Gasteiger partial charge in [0.25, 0.3) is 0 Å². The summed E-state index contributed by atoms with van der Waals surface area (Å²) >= 11 is 10.1. The van der Waals surface area contributed by atoms with Crippen LogP contribution in [-0.2, 0) is 11.5 Å². The molecule has 0 aromatic carbocycles. The lowest BCUT2D eigenvalue weighted by Crippen LogP contribution is -2.31. The Morgan fingerprint density at radius 3 is 2.65 bits per heavy atom. The van der Waals surface area contributed by atoms with Gasteiger partial charge in [-0.15, -0.1) is 0 Å². The SMILES string of the molecule is CN1CCC(n2cc(-c3cn(COCC[Si](C)(C)C)nc3Cl)c3cc(Br)ncc32)CC1. The van der Waals surface area contributed by atoms with Crippen molar-refractivity contribution in [3.63, 3.8) is 0 Å². The fourth-order valence-corrected chi connectivity index (χ4v) is 5.43. The third-order valence-corrected chi connectivity index (χ3v) is 8.41. The molecule has 0 bridgehead atoms. The highest BCUT2D eigenvalue weighted by Gasteiger charge is 2.23. The third kappa shape index (κ3) is 5.42. The van der Waals surface area contributed by atoms with Gasteiger partial charge in [-0.25, -0.2) is 9.67 Å². The maximum absolute atomic E-state index is 6.60. The zero-order chi connectivity index (χ0) is 22.2. The first-order valence-electron chi connectivity index (χ1n) is 10.9. The number of fused-ring (bicyclic) bond motifs is 1. The molecule has 0 saturated carbocycles. The van der Waals surface area contributed by atoms with Gasteiger partial charge in [-0.2, -0.15) is 5.10 Å². The number of pyridine rings is 1. The third-order valence-electron chi connectivity index (χ3n) is 5.99. The minimum Gasteiger partial charge on any atom is -0.360 e. The number of piperidine rings is 1. The van der Waals surface area contributed by atoms with Crippen molar-refractivity contribution in [2.45, 2.75) is 51.3 Å². The number of nitrogens with zero attached hydrogens (tertiary/aromatic N) is 5. The van der Waals surface area contributed by atoms with E-state index in [2.05, 4.69) is 74.4 Å². The number of hydrogen-bond acceptors (Lipinski definition) is 4. The fourth-order valence-electron chi connectivity index (χ4n) is 4.09. The van der Waals surface area contributed by atoms with Gasteiger partial charge < -0.3 is 14.2 Å². The summed E-state index contributed by atoms with van der Waals surface area (Å²) in [7, 11) is 1.08. The van der Waals surface area contributed by atoms with Crippen LogP contribution in [0.15, 0.2) is 29.3 Å². The number of halogens is 2. The van der Waals surface area contributed by atoms with Gasteiger partial charge in [0.1, 0.15) is 11.3 Å². The van der Waals surface area contributed by atoms with Crippen LogP contribution in [0.25, 0.3) is 22.0 Å². The molecule has 6 nitrogen and oxygen atoms in total. The highest BCUT2D eigenvalue weighted by atomic mass is 79.9. The highest BCUT2D eigenvalue weighted by molar-refractivity contribution is 9.10. The van der Waals surface area contributed by atoms with Crippen molar-refractivity contribution in [3.8, 4) is 11.1 Å². The molecule has 0 unspecified atom stereocenters. The molecular formula is C22H31BrClN5OSi. The van der Waals surface area contributed by atoms with Crippen LogP contribution in [0.3, 0.4) is 0 Å². The van der Waals surface area contributed by atoms with Gasteiger partial charge >= 0.3 is 0 Å². The molecule has 0 spiro atoms. The van der Waals surface area contributed by atoms with Gasteiger partial charge in [0, 0.05) is 49.6 Å². The zero-order valence-corrected chi connectivity index (χ0v) is 22.1. The van der Waals surface area contributed by atoms with Crippen molar-refractivity contribution in [1.29, 1.82) is 0 Å². The van der Waals surface area contributed by atoms with Crippen molar-refractivity contribution in [1.82, 2.24) is 24.2 Å². The standard InChI is InChI=1S/C22H31BrClN5OSi/c1-27-7-5-16(6-8-27)29-14-18(17-11-21(23)25-12-20(17)29)19-13-28(26-22(19)24)15-30-9-10-31(2,3)4/h11-14,16H,5-10,15H2,1-4H3. The van der Waals surface area contributed by atoms with E-state index in [1.165, 1.54) is 0 Å². The molecule has 168 valence electrons.